The van der Waals surface area contributed by atoms with Crippen LogP contribution in [0, 0.1) is 5.41 Å². The van der Waals surface area contributed by atoms with Crippen molar-refractivity contribution in [2.45, 2.75) is 51.0 Å². The maximum atomic E-state index is 13.7. The van der Waals surface area contributed by atoms with Gasteiger partial charge in [-0.25, -0.2) is 0 Å². The van der Waals surface area contributed by atoms with Crippen LogP contribution in [0.3, 0.4) is 0 Å². The van der Waals surface area contributed by atoms with E-state index >= 15 is 0 Å². The van der Waals surface area contributed by atoms with E-state index in [1.165, 1.54) is 12.1 Å². The molecule has 0 bridgehead atoms. The molecule has 1 heterocycles. The second-order valence-corrected chi connectivity index (χ2v) is 11.7. The van der Waals surface area contributed by atoms with Crippen molar-refractivity contribution >= 4 is 29.1 Å². The lowest BCUT2D eigenvalue weighted by Crippen LogP contribution is -2.47. The fraction of sp³-hybridized carbons (Fsp3) is 0.300. The Balaban J connectivity index is 1.74. The number of nitrogens with one attached hydrogen (secondary N) is 2. The highest BCUT2D eigenvalue weighted by Crippen LogP contribution is 2.48. The summed E-state index contributed by atoms with van der Waals surface area (Å²) in [7, 11) is 0. The molecule has 1 saturated heterocycles. The normalized spacial score (nSPS) is 22.5. The van der Waals surface area contributed by atoms with Crippen molar-refractivity contribution in [1.82, 2.24) is 10.6 Å². The molecular formula is C30H30Cl2F3N3O. The van der Waals surface area contributed by atoms with Gasteiger partial charge < -0.3 is 16.4 Å². The monoisotopic (exact) mass is 575 g/mol. The lowest BCUT2D eigenvalue weighted by molar-refractivity contribution is -0.137. The number of hydrogen-bond donors (Lipinski definition) is 3. The zero-order valence-corrected chi connectivity index (χ0v) is 23.3. The second-order valence-electron chi connectivity index (χ2n) is 10.9. The first-order valence-corrected chi connectivity index (χ1v) is 13.2. The molecule has 0 spiro atoms. The molecule has 206 valence electrons. The molecule has 0 radical (unpaired) electrons. The van der Waals surface area contributed by atoms with E-state index in [1.54, 1.807) is 24.3 Å². The van der Waals surface area contributed by atoms with E-state index in [9.17, 15) is 18.0 Å². The topological polar surface area (TPSA) is 67.2 Å². The zero-order valence-electron chi connectivity index (χ0n) is 21.7. The molecule has 1 aliphatic heterocycles. The van der Waals surface area contributed by atoms with Gasteiger partial charge >= 0.3 is 6.18 Å². The molecule has 0 saturated carbocycles. The molecule has 4 N–H and O–H groups in total. The zero-order chi connectivity index (χ0) is 28.6. The smallest absolute Gasteiger partial charge is 0.375 e. The summed E-state index contributed by atoms with van der Waals surface area (Å²) in [6.45, 7) is 6.16. The Labute approximate surface area is 236 Å². The molecule has 3 aromatic carbocycles. The first-order valence-electron chi connectivity index (χ1n) is 12.4. The first kappa shape index (κ1) is 29.0. The minimum Gasteiger partial charge on any atom is -0.375 e. The lowest BCUT2D eigenvalue weighted by atomic mass is 9.72. The number of hydrogen-bond acceptors (Lipinski definition) is 3. The summed E-state index contributed by atoms with van der Waals surface area (Å²) in [4.78, 5) is 13.7. The standard InChI is InChI=1S/C30H30Cl2F3N3O/c1-28(2,3)16-24-29(36,20-11-13-22(31)14-12-20)25(19-5-4-6-23(32)15-19)26(38-24)27(39)37-17-18-7-9-21(10-8-18)30(33,34)35/h4-16,25-26,38H,17,36H2,1-3H3,(H,37,39)/b24-16+/t25-,26+,29+/m0/s1. The van der Waals surface area contributed by atoms with E-state index in [2.05, 4.69) is 10.6 Å². The molecular weight excluding hydrogens is 546 g/mol. The molecule has 0 aromatic heterocycles. The van der Waals surface area contributed by atoms with Crippen LogP contribution in [0.15, 0.2) is 84.6 Å². The van der Waals surface area contributed by atoms with Gasteiger partial charge in [0.25, 0.3) is 0 Å². The predicted octanol–water partition coefficient (Wildman–Crippen LogP) is 7.17. The van der Waals surface area contributed by atoms with Crippen molar-refractivity contribution in [3.05, 3.63) is 117 Å². The van der Waals surface area contributed by atoms with Crippen molar-refractivity contribution in [2.24, 2.45) is 11.1 Å². The Morgan fingerprint density at radius 3 is 2.21 bits per heavy atom. The van der Waals surface area contributed by atoms with E-state index in [0.717, 1.165) is 23.3 Å². The van der Waals surface area contributed by atoms with Crippen LogP contribution in [0.25, 0.3) is 0 Å². The first-order chi connectivity index (χ1) is 18.2. The summed E-state index contributed by atoms with van der Waals surface area (Å²) in [5.41, 5.74) is 7.88. The van der Waals surface area contributed by atoms with Gasteiger partial charge in [0.15, 0.2) is 0 Å². The van der Waals surface area contributed by atoms with Gasteiger partial charge in [-0.05, 0) is 58.5 Å². The maximum Gasteiger partial charge on any atom is 0.416 e. The molecule has 0 unspecified atom stereocenters. The number of carbonyl (C=O) groups excluding carboxylic acids is 1. The van der Waals surface area contributed by atoms with Gasteiger partial charge in [0, 0.05) is 28.2 Å². The molecule has 1 amide bonds. The highest BCUT2D eigenvalue weighted by molar-refractivity contribution is 6.30. The summed E-state index contributed by atoms with van der Waals surface area (Å²) in [5.74, 6) is -0.917. The molecule has 3 atom stereocenters. The van der Waals surface area contributed by atoms with Crippen LogP contribution >= 0.6 is 23.2 Å². The molecule has 0 aliphatic carbocycles. The minimum absolute atomic E-state index is 0.0499. The van der Waals surface area contributed by atoms with E-state index in [0.29, 0.717) is 21.3 Å². The average Bonchev–Trinajstić information content (AvgIpc) is 3.14. The summed E-state index contributed by atoms with van der Waals surface area (Å²) in [6.07, 6.45) is -2.41. The predicted molar refractivity (Wildman–Crippen MR) is 149 cm³/mol. The van der Waals surface area contributed by atoms with Crippen LogP contribution in [-0.2, 0) is 23.1 Å². The van der Waals surface area contributed by atoms with Crippen molar-refractivity contribution < 1.29 is 18.0 Å². The van der Waals surface area contributed by atoms with Gasteiger partial charge in [-0.1, -0.05) is 86.4 Å². The number of carbonyl (C=O) groups is 1. The van der Waals surface area contributed by atoms with Gasteiger partial charge in [-0.15, -0.1) is 0 Å². The van der Waals surface area contributed by atoms with Gasteiger partial charge in [0.05, 0.1) is 11.1 Å². The number of benzene rings is 3. The van der Waals surface area contributed by atoms with Gasteiger partial charge in [0.2, 0.25) is 5.91 Å². The summed E-state index contributed by atoms with van der Waals surface area (Å²) < 4.78 is 38.8. The summed E-state index contributed by atoms with van der Waals surface area (Å²) >= 11 is 12.5. The van der Waals surface area contributed by atoms with Crippen molar-refractivity contribution in [3.8, 4) is 0 Å². The van der Waals surface area contributed by atoms with Crippen molar-refractivity contribution in [3.63, 3.8) is 0 Å². The average molecular weight is 576 g/mol. The number of alkyl halides is 3. The van der Waals surface area contributed by atoms with E-state index in [-0.39, 0.29) is 17.9 Å². The third kappa shape index (κ3) is 6.43. The third-order valence-corrected chi connectivity index (χ3v) is 7.21. The Bertz CT molecular complexity index is 1370. The second kappa shape index (κ2) is 10.9. The fourth-order valence-corrected chi connectivity index (χ4v) is 5.26. The van der Waals surface area contributed by atoms with Crippen LogP contribution in [0.5, 0.6) is 0 Å². The number of rotatable bonds is 5. The fourth-order valence-electron chi connectivity index (χ4n) is 4.94. The summed E-state index contributed by atoms with van der Waals surface area (Å²) in [6, 6.07) is 18.3. The molecule has 4 nitrogen and oxygen atoms in total. The maximum absolute atomic E-state index is 13.7. The number of amides is 1. The van der Waals surface area contributed by atoms with E-state index in [4.69, 9.17) is 28.9 Å². The quantitative estimate of drug-likeness (QED) is 0.302. The van der Waals surface area contributed by atoms with Crippen LogP contribution in [0.2, 0.25) is 10.0 Å². The third-order valence-electron chi connectivity index (χ3n) is 6.72. The van der Waals surface area contributed by atoms with Gasteiger partial charge in [-0.2, -0.15) is 13.2 Å². The minimum atomic E-state index is -4.43. The molecule has 1 aliphatic rings. The van der Waals surface area contributed by atoms with Crippen LogP contribution in [0.1, 0.15) is 48.9 Å². The van der Waals surface area contributed by atoms with Crippen LogP contribution in [0.4, 0.5) is 13.2 Å². The molecule has 3 aromatic rings. The lowest BCUT2D eigenvalue weighted by Gasteiger charge is -2.35. The van der Waals surface area contributed by atoms with Gasteiger partial charge in [-0.3, -0.25) is 4.79 Å². The Hall–Kier alpha value is -3.00. The Morgan fingerprint density at radius 2 is 1.64 bits per heavy atom. The molecule has 9 heteroatoms. The largest absolute Gasteiger partial charge is 0.416 e. The number of allylic oxidation sites excluding steroid dienone is 1. The molecule has 39 heavy (non-hydrogen) atoms. The Kier molecular flexibility index (Phi) is 8.08. The molecule has 1 fully saturated rings. The van der Waals surface area contributed by atoms with E-state index < -0.39 is 29.2 Å². The van der Waals surface area contributed by atoms with E-state index in [1.807, 2.05) is 51.1 Å². The number of halogens is 5. The van der Waals surface area contributed by atoms with Crippen LogP contribution in [-0.4, -0.2) is 11.9 Å². The molecule has 4 rings (SSSR count). The number of nitrogens with two attached hydrogens (primary N) is 1. The van der Waals surface area contributed by atoms with Crippen molar-refractivity contribution in [2.75, 3.05) is 0 Å². The SMILES string of the molecule is CC(C)(C)/C=C1/N[C@@H](C(=O)NCc2ccc(C(F)(F)F)cc2)[C@H](c2cccc(Cl)c2)[C@@]1(N)c1ccc(Cl)cc1. The highest BCUT2D eigenvalue weighted by Gasteiger charge is 2.54. The highest BCUT2D eigenvalue weighted by atomic mass is 35.5. The Morgan fingerprint density at radius 1 is 1.00 bits per heavy atom. The van der Waals surface area contributed by atoms with Crippen LogP contribution < -0.4 is 16.4 Å². The summed E-state index contributed by atoms with van der Waals surface area (Å²) in [5, 5.41) is 7.32. The van der Waals surface area contributed by atoms with Crippen molar-refractivity contribution in [1.29, 1.82) is 0 Å². The van der Waals surface area contributed by atoms with Gasteiger partial charge in [0.1, 0.15) is 6.04 Å².